The summed E-state index contributed by atoms with van der Waals surface area (Å²) in [6, 6.07) is 30.8. The third kappa shape index (κ3) is 16.9. The lowest BCUT2D eigenvalue weighted by molar-refractivity contribution is -0.143. The number of aryl methyl sites for hydroxylation is 2. The number of hydrogen-bond donors (Lipinski definition) is 0. The molecule has 6 aromatic rings. The van der Waals surface area contributed by atoms with Gasteiger partial charge in [-0.2, -0.15) is 31.6 Å². The number of fused-ring (bicyclic) bond motifs is 2. The summed E-state index contributed by atoms with van der Waals surface area (Å²) in [5.74, 6) is 2.68. The molecule has 2 aromatic heterocycles. The van der Waals surface area contributed by atoms with E-state index in [1.807, 2.05) is 37.5 Å². The quantitative estimate of drug-likeness (QED) is 0.156. The number of nitrogens with zero attached hydrogens (tertiary/aromatic N) is 3. The summed E-state index contributed by atoms with van der Waals surface area (Å²) in [5, 5.41) is 9.91. The van der Waals surface area contributed by atoms with Crippen LogP contribution in [0.15, 0.2) is 109 Å². The van der Waals surface area contributed by atoms with Gasteiger partial charge in [-0.05, 0) is 156 Å². The topological polar surface area (TPSA) is 58.8 Å². The molecule has 7 rings (SSSR count). The smallest absolute Gasteiger partial charge is 0.416 e. The van der Waals surface area contributed by atoms with Crippen LogP contribution >= 0.6 is 0 Å². The molecule has 0 unspecified atom stereocenters. The summed E-state index contributed by atoms with van der Waals surface area (Å²) in [5.41, 5.74) is 8.96. The lowest BCUT2D eigenvalue weighted by atomic mass is 9.85. The molecule has 0 saturated carbocycles. The van der Waals surface area contributed by atoms with Crippen molar-refractivity contribution in [1.82, 2.24) is 9.97 Å². The first kappa shape index (κ1) is 54.6. The predicted octanol–water partition coefficient (Wildman–Crippen LogP) is 17.1. The fourth-order valence-electron chi connectivity index (χ4n) is 7.20. The van der Waals surface area contributed by atoms with Gasteiger partial charge in [-0.3, -0.25) is 9.97 Å². The van der Waals surface area contributed by atoms with Crippen LogP contribution in [-0.2, 0) is 25.2 Å². The highest BCUT2D eigenvalue weighted by molar-refractivity contribution is 5.79. The normalized spacial score (nSPS) is 12.2. The zero-order valence-electron chi connectivity index (χ0n) is 40.6. The molecular formula is C56H67F6N3O. The fourth-order valence-corrected chi connectivity index (χ4v) is 7.20. The Kier molecular flexibility index (Phi) is 20.9. The van der Waals surface area contributed by atoms with Crippen molar-refractivity contribution < 1.29 is 31.1 Å². The number of benzene rings is 4. The number of methoxy groups -OCH3 is 1. The Hall–Kier alpha value is -5.69. The van der Waals surface area contributed by atoms with E-state index < -0.39 is 29.4 Å². The van der Waals surface area contributed by atoms with Crippen molar-refractivity contribution >= 4 is 10.9 Å². The van der Waals surface area contributed by atoms with Crippen LogP contribution in [0.25, 0.3) is 10.9 Å². The summed E-state index contributed by atoms with van der Waals surface area (Å²) in [4.78, 5) is 8.48. The molecule has 0 bridgehead atoms. The highest BCUT2D eigenvalue weighted by Crippen LogP contribution is 2.38. The highest BCUT2D eigenvalue weighted by Gasteiger charge is 2.37. The van der Waals surface area contributed by atoms with Crippen molar-refractivity contribution in [3.63, 3.8) is 0 Å². The fraction of sp³-hybridized carbons (Fsp3) is 0.411. The van der Waals surface area contributed by atoms with Gasteiger partial charge in [0.1, 0.15) is 5.75 Å². The maximum Gasteiger partial charge on any atom is 0.416 e. The molecule has 66 heavy (non-hydrogen) atoms. The molecule has 0 N–H and O–H groups in total. The number of alkyl halides is 6. The second kappa shape index (κ2) is 25.3. The van der Waals surface area contributed by atoms with Crippen LogP contribution in [0.4, 0.5) is 26.3 Å². The van der Waals surface area contributed by atoms with Crippen LogP contribution in [0.3, 0.4) is 0 Å². The molecule has 0 amide bonds. The number of hydrogen-bond acceptors (Lipinski definition) is 4. The molecule has 0 spiro atoms. The van der Waals surface area contributed by atoms with Crippen molar-refractivity contribution in [2.75, 3.05) is 7.11 Å². The van der Waals surface area contributed by atoms with Gasteiger partial charge in [-0.15, -0.1) is 0 Å². The molecule has 0 aliphatic heterocycles. The lowest BCUT2D eigenvalue weighted by Crippen LogP contribution is -2.12. The molecule has 0 radical (unpaired) electrons. The van der Waals surface area contributed by atoms with E-state index >= 15 is 0 Å². The van der Waals surface area contributed by atoms with E-state index in [2.05, 4.69) is 126 Å². The van der Waals surface area contributed by atoms with Gasteiger partial charge in [0.2, 0.25) is 0 Å². The first-order chi connectivity index (χ1) is 31.0. The first-order valence-electron chi connectivity index (χ1n) is 22.7. The maximum absolute atomic E-state index is 12.4. The summed E-state index contributed by atoms with van der Waals surface area (Å²) in [7, 11) is 1.63. The van der Waals surface area contributed by atoms with E-state index in [-0.39, 0.29) is 11.6 Å². The Morgan fingerprint density at radius 2 is 1.17 bits per heavy atom. The molecule has 0 atom stereocenters. The van der Waals surface area contributed by atoms with Gasteiger partial charge in [0.25, 0.3) is 0 Å². The van der Waals surface area contributed by atoms with Crippen LogP contribution in [0, 0.1) is 18.3 Å². The second-order valence-corrected chi connectivity index (χ2v) is 18.1. The predicted molar refractivity (Wildman–Crippen MR) is 258 cm³/mol. The first-order valence-corrected chi connectivity index (χ1v) is 22.7. The molecule has 0 saturated heterocycles. The van der Waals surface area contributed by atoms with Crippen molar-refractivity contribution in [2.24, 2.45) is 0 Å². The van der Waals surface area contributed by atoms with Gasteiger partial charge in [-0.25, -0.2) is 0 Å². The Morgan fingerprint density at radius 3 is 1.68 bits per heavy atom. The molecule has 1 aliphatic rings. The van der Waals surface area contributed by atoms with Gasteiger partial charge in [0.15, 0.2) is 0 Å². The van der Waals surface area contributed by atoms with E-state index in [1.165, 1.54) is 56.0 Å². The molecule has 10 heteroatoms. The molecular weight excluding hydrogens is 845 g/mol. The molecule has 0 fully saturated rings. The number of aromatic nitrogens is 2. The highest BCUT2D eigenvalue weighted by atomic mass is 19.4. The summed E-state index contributed by atoms with van der Waals surface area (Å²) >= 11 is 0. The summed E-state index contributed by atoms with van der Waals surface area (Å²) in [6.07, 6.45) is -0.391. The maximum atomic E-state index is 12.4. The minimum Gasteiger partial charge on any atom is -0.496 e. The zero-order valence-corrected chi connectivity index (χ0v) is 40.6. The molecule has 4 aromatic carbocycles. The number of nitriles is 1. The van der Waals surface area contributed by atoms with Gasteiger partial charge in [-0.1, -0.05) is 112 Å². The Balaban J connectivity index is 0.000000221. The van der Waals surface area contributed by atoms with E-state index in [4.69, 9.17) is 10.00 Å². The molecule has 354 valence electrons. The van der Waals surface area contributed by atoms with Crippen LogP contribution in [0.2, 0.25) is 0 Å². The van der Waals surface area contributed by atoms with Crippen molar-refractivity contribution in [3.05, 3.63) is 171 Å². The van der Waals surface area contributed by atoms with Crippen LogP contribution in [0.1, 0.15) is 173 Å². The van der Waals surface area contributed by atoms with E-state index in [0.717, 1.165) is 34.7 Å². The summed E-state index contributed by atoms with van der Waals surface area (Å²) in [6.45, 7) is 22.6. The largest absolute Gasteiger partial charge is 0.496 e. The van der Waals surface area contributed by atoms with Gasteiger partial charge in [0.05, 0.1) is 35.4 Å². The van der Waals surface area contributed by atoms with Crippen molar-refractivity contribution in [2.45, 2.75) is 144 Å². The third-order valence-corrected chi connectivity index (χ3v) is 11.2. The van der Waals surface area contributed by atoms with E-state index in [9.17, 15) is 26.3 Å². The second-order valence-electron chi connectivity index (χ2n) is 18.1. The standard InChI is InChI=1S/C13H18.C12H13N.C11H10F6.C11H13NO.C9H13N/c1-10(2)12-9-5-7-11-6-3-4-8-13(11)12;1-9(2)10-5-6-12-11(8-10)4-3-7-13-12;1-6(2)7-3-8(10(12,13)14)5-9(4-7)11(15,16)17;1-8(2)10-5-4-9(7-12)6-11(10)13-3;1-7(2)9-5-4-8(3)10-6-9/h5,7,9-10H,3-4,6,8H2,1-2H3;3-9H,1-2H3;3-6H,1-2H3;4-6,8H,1-3H3;4-7H,1-3H3. The van der Waals surface area contributed by atoms with E-state index in [1.54, 1.807) is 29.9 Å². The zero-order chi connectivity index (χ0) is 49.4. The van der Waals surface area contributed by atoms with Gasteiger partial charge >= 0.3 is 12.4 Å². The number of ether oxygens (including phenoxy) is 1. The number of rotatable bonds is 6. The van der Waals surface area contributed by atoms with Crippen molar-refractivity contribution in [1.29, 1.82) is 5.26 Å². The minimum atomic E-state index is -4.77. The Labute approximate surface area is 389 Å². The Morgan fingerprint density at radius 1 is 0.576 bits per heavy atom. The van der Waals surface area contributed by atoms with Gasteiger partial charge < -0.3 is 4.74 Å². The lowest BCUT2D eigenvalue weighted by Gasteiger charge is -2.21. The van der Waals surface area contributed by atoms with E-state index in [0.29, 0.717) is 29.2 Å². The molecule has 2 heterocycles. The van der Waals surface area contributed by atoms with Gasteiger partial charge in [0, 0.05) is 23.5 Å². The average molecular weight is 912 g/mol. The summed E-state index contributed by atoms with van der Waals surface area (Å²) < 4.78 is 79.8. The minimum absolute atomic E-state index is 0.0205. The third-order valence-electron chi connectivity index (χ3n) is 11.2. The number of halogens is 6. The van der Waals surface area contributed by atoms with Crippen LogP contribution in [0.5, 0.6) is 5.75 Å². The molecule has 4 nitrogen and oxygen atoms in total. The van der Waals surface area contributed by atoms with Crippen LogP contribution < -0.4 is 4.74 Å². The average Bonchev–Trinajstić information content (AvgIpc) is 3.28. The van der Waals surface area contributed by atoms with Crippen LogP contribution in [-0.4, -0.2) is 17.1 Å². The monoisotopic (exact) mass is 912 g/mol. The number of pyridine rings is 2. The van der Waals surface area contributed by atoms with Crippen molar-refractivity contribution in [3.8, 4) is 11.8 Å². The SMILES string of the molecule is CC(C)c1cc(C(F)(F)F)cc(C(F)(F)F)c1.CC(C)c1ccc2ncccc2c1.CC(C)c1cccc2c1CCCC2.COc1cc(C#N)ccc1C(C)C.Cc1ccc(C(C)C)cn1. The molecule has 1 aliphatic carbocycles. The Bertz CT molecular complexity index is 2430.